The largest absolute Gasteiger partial charge is 0.480 e. The van der Waals surface area contributed by atoms with Crippen LogP contribution < -0.4 is 5.32 Å². The molecule has 2 N–H and O–H groups in total. The van der Waals surface area contributed by atoms with Crippen LogP contribution in [0, 0.1) is 5.92 Å². The number of ketones is 1. The second kappa shape index (κ2) is 21.5. The van der Waals surface area contributed by atoms with E-state index in [1.807, 2.05) is 52.8 Å². The number of carboxylic acid groups (broad SMARTS) is 1. The van der Waals surface area contributed by atoms with E-state index < -0.39 is 18.1 Å². The van der Waals surface area contributed by atoms with Gasteiger partial charge in [-0.25, -0.2) is 0 Å². The number of aliphatic carboxylic acids is 1. The van der Waals surface area contributed by atoms with Crippen molar-refractivity contribution in [2.24, 2.45) is 11.0 Å². The molecule has 3 atom stereocenters. The van der Waals surface area contributed by atoms with Crippen LogP contribution in [0.5, 0.6) is 0 Å². The molecule has 0 amide bonds. The molecule has 0 aromatic heterocycles. The van der Waals surface area contributed by atoms with E-state index in [1.54, 1.807) is 0 Å². The molecule has 0 aromatic rings. The van der Waals surface area contributed by atoms with Crippen LogP contribution in [0.4, 0.5) is 0 Å². The zero-order chi connectivity index (χ0) is 25.9. The highest BCUT2D eigenvalue weighted by Gasteiger charge is 2.25. The van der Waals surface area contributed by atoms with Gasteiger partial charge in [0.25, 0.3) is 0 Å². The average molecular weight is 495 g/mol. The van der Waals surface area contributed by atoms with Gasteiger partial charge in [-0.05, 0) is 46.0 Å². The summed E-state index contributed by atoms with van der Waals surface area (Å²) in [5, 5.41) is 19.4. The van der Waals surface area contributed by atoms with Crippen molar-refractivity contribution in [2.45, 2.75) is 91.6 Å². The second-order valence-corrected chi connectivity index (χ2v) is 9.11. The third-order valence-corrected chi connectivity index (χ3v) is 4.65. The number of hydrogen-bond donors (Lipinski definition) is 2. The Morgan fingerprint density at radius 3 is 2.00 bits per heavy atom. The molecule has 6 nitrogen and oxygen atoms in total. The molecule has 0 spiro atoms. The second-order valence-electron chi connectivity index (χ2n) is 7.95. The van der Waals surface area contributed by atoms with Crippen molar-refractivity contribution in [1.29, 1.82) is 0 Å². The molecule has 0 aromatic carbocycles. The minimum Gasteiger partial charge on any atom is -0.480 e. The molecule has 0 saturated carbocycles. The smallest absolute Gasteiger partial charge is 0.321 e. The molecular weight excluding hydrogens is 449 g/mol. The van der Waals surface area contributed by atoms with Gasteiger partial charge in [-0.2, -0.15) is 5.10 Å². The van der Waals surface area contributed by atoms with Crippen molar-refractivity contribution in [1.82, 2.24) is 10.3 Å². The first-order chi connectivity index (χ1) is 14.8. The van der Waals surface area contributed by atoms with E-state index in [0.717, 1.165) is 30.1 Å². The van der Waals surface area contributed by atoms with E-state index in [4.69, 9.17) is 23.2 Å². The summed E-state index contributed by atoms with van der Waals surface area (Å²) in [6.07, 6.45) is 4.67. The summed E-state index contributed by atoms with van der Waals surface area (Å²) in [7, 11) is 1.87. The zero-order valence-corrected chi connectivity index (χ0v) is 22.8. The topological polar surface area (TPSA) is 82.0 Å². The minimum absolute atomic E-state index is 0.0300. The maximum atomic E-state index is 11.7. The molecule has 0 aliphatic heterocycles. The molecule has 3 unspecified atom stereocenters. The van der Waals surface area contributed by atoms with Crippen molar-refractivity contribution >= 4 is 40.7 Å². The fourth-order valence-electron chi connectivity index (χ4n) is 2.65. The Kier molecular flexibility index (Phi) is 23.6. The highest BCUT2D eigenvalue weighted by molar-refractivity contribution is 6.30. The monoisotopic (exact) mass is 493 g/mol. The number of carboxylic acids is 1. The number of carbonyl (C=O) groups excluding carboxylic acids is 1. The number of hydrazone groups is 1. The standard InChI is InChI=1S/C16H31N3O3.C6H10Cl2.C2H4/c1-7-8-19(6)18-12(4)10-15(16(21)22)17-14(13(5)20)9-11(2)3;1-3-6(8)4-5(2)7;1-2/h11,14-15,17H,7-10H2,1-6H3,(H,21,22);4,6H,3H2,1-2H3;1-2H2/b18-12+;5-4+;. The molecule has 188 valence electrons. The molecule has 0 radical (unpaired) electrons. The van der Waals surface area contributed by atoms with Gasteiger partial charge in [0.2, 0.25) is 0 Å². The molecule has 0 aliphatic carbocycles. The van der Waals surface area contributed by atoms with Crippen molar-refractivity contribution in [3.05, 3.63) is 24.3 Å². The molecule has 0 rings (SSSR count). The number of nitrogens with zero attached hydrogens (tertiary/aromatic N) is 2. The van der Waals surface area contributed by atoms with Crippen LogP contribution in [0.1, 0.15) is 74.1 Å². The summed E-state index contributed by atoms with van der Waals surface area (Å²) >= 11 is 11.2. The number of rotatable bonds is 13. The van der Waals surface area contributed by atoms with Gasteiger partial charge in [0.15, 0.2) is 0 Å². The lowest BCUT2D eigenvalue weighted by molar-refractivity contribution is -0.139. The molecule has 0 fully saturated rings. The average Bonchev–Trinajstić information content (AvgIpc) is 2.67. The van der Waals surface area contributed by atoms with Crippen LogP contribution >= 0.6 is 23.2 Å². The number of Topliss-reactive ketones (excluding diaryl/α,β-unsaturated/α-hetero) is 1. The zero-order valence-electron chi connectivity index (χ0n) is 21.3. The van der Waals surface area contributed by atoms with E-state index in [1.165, 1.54) is 6.92 Å². The Bertz CT molecular complexity index is 577. The fourth-order valence-corrected chi connectivity index (χ4v) is 3.06. The van der Waals surface area contributed by atoms with Crippen LogP contribution in [0.15, 0.2) is 29.4 Å². The summed E-state index contributed by atoms with van der Waals surface area (Å²) < 4.78 is 0. The van der Waals surface area contributed by atoms with Crippen molar-refractivity contribution in [3.63, 3.8) is 0 Å². The first-order valence-electron chi connectivity index (χ1n) is 11.1. The molecule has 0 heterocycles. The Hall–Kier alpha value is -1.37. The third kappa shape index (κ3) is 21.8. The number of carbonyl (C=O) groups is 2. The predicted octanol–water partition coefficient (Wildman–Crippen LogP) is 6.09. The Morgan fingerprint density at radius 2 is 1.69 bits per heavy atom. The predicted molar refractivity (Wildman–Crippen MR) is 140 cm³/mol. The van der Waals surface area contributed by atoms with Crippen molar-refractivity contribution in [2.75, 3.05) is 13.6 Å². The SMILES string of the molecule is C=C.CCC(Cl)/C=C(\C)Cl.CCCN(C)/N=C(\C)CC(NC(CC(C)C)C(C)=O)C(=O)O. The van der Waals surface area contributed by atoms with Crippen molar-refractivity contribution < 1.29 is 14.7 Å². The molecule has 0 saturated heterocycles. The van der Waals surface area contributed by atoms with Gasteiger partial charge in [-0.1, -0.05) is 45.4 Å². The van der Waals surface area contributed by atoms with Gasteiger partial charge in [0, 0.05) is 30.8 Å². The van der Waals surface area contributed by atoms with Crippen LogP contribution in [-0.2, 0) is 9.59 Å². The van der Waals surface area contributed by atoms with Gasteiger partial charge in [-0.3, -0.25) is 14.9 Å². The van der Waals surface area contributed by atoms with E-state index in [9.17, 15) is 14.7 Å². The van der Waals surface area contributed by atoms with E-state index in [-0.39, 0.29) is 17.6 Å². The fraction of sp³-hybridized carbons (Fsp3) is 0.708. The molecule has 8 heteroatoms. The molecular formula is C24H45Cl2N3O3. The number of hydrogen-bond acceptors (Lipinski definition) is 5. The summed E-state index contributed by atoms with van der Waals surface area (Å²) in [4.78, 5) is 23.1. The van der Waals surface area contributed by atoms with Crippen LogP contribution in [-0.4, -0.2) is 58.6 Å². The summed E-state index contributed by atoms with van der Waals surface area (Å²) in [6, 6.07) is -1.23. The van der Waals surface area contributed by atoms with Crippen LogP contribution in [0.2, 0.25) is 0 Å². The number of halogens is 2. The number of allylic oxidation sites excluding steroid dienone is 2. The van der Waals surface area contributed by atoms with Gasteiger partial charge in [0.1, 0.15) is 11.8 Å². The van der Waals surface area contributed by atoms with E-state index in [0.29, 0.717) is 12.3 Å². The first-order valence-corrected chi connectivity index (χ1v) is 11.9. The van der Waals surface area contributed by atoms with Gasteiger partial charge >= 0.3 is 5.97 Å². The third-order valence-electron chi connectivity index (χ3n) is 4.09. The molecule has 0 bridgehead atoms. The van der Waals surface area contributed by atoms with Gasteiger partial charge in [-0.15, -0.1) is 24.8 Å². The normalized spacial score (nSPS) is 14.3. The lowest BCUT2D eigenvalue weighted by atomic mass is 9.99. The van der Waals surface area contributed by atoms with Crippen LogP contribution in [0.3, 0.4) is 0 Å². The lowest BCUT2D eigenvalue weighted by Crippen LogP contribution is -2.48. The summed E-state index contributed by atoms with van der Waals surface area (Å²) in [6.45, 7) is 20.1. The lowest BCUT2D eigenvalue weighted by Gasteiger charge is -2.23. The maximum absolute atomic E-state index is 11.7. The highest BCUT2D eigenvalue weighted by Crippen LogP contribution is 2.09. The Labute approximate surface area is 206 Å². The Balaban J connectivity index is -0.000000703. The summed E-state index contributed by atoms with van der Waals surface area (Å²) in [5.74, 6) is -0.665. The van der Waals surface area contributed by atoms with Crippen LogP contribution in [0.25, 0.3) is 0 Å². The molecule has 32 heavy (non-hydrogen) atoms. The Morgan fingerprint density at radius 1 is 1.16 bits per heavy atom. The van der Waals surface area contributed by atoms with Crippen molar-refractivity contribution in [3.8, 4) is 0 Å². The maximum Gasteiger partial charge on any atom is 0.321 e. The number of nitrogens with one attached hydrogen (secondary N) is 1. The molecule has 0 aliphatic rings. The highest BCUT2D eigenvalue weighted by atomic mass is 35.5. The minimum atomic E-state index is -0.956. The van der Waals surface area contributed by atoms with Gasteiger partial charge in [0.05, 0.1) is 11.4 Å². The first kappa shape index (κ1) is 35.2. The van der Waals surface area contributed by atoms with E-state index in [2.05, 4.69) is 30.5 Å². The quantitative estimate of drug-likeness (QED) is 0.140. The summed E-state index contributed by atoms with van der Waals surface area (Å²) in [5.41, 5.74) is 0.739. The number of alkyl halides is 1. The van der Waals surface area contributed by atoms with E-state index >= 15 is 0 Å². The van der Waals surface area contributed by atoms with Gasteiger partial charge < -0.3 is 10.1 Å².